The van der Waals surface area contributed by atoms with Crippen molar-refractivity contribution in [3.05, 3.63) is 50.8 Å². The molecule has 0 saturated heterocycles. The lowest BCUT2D eigenvalue weighted by atomic mass is 10.3. The number of hydrogen-bond acceptors (Lipinski definition) is 3. The summed E-state index contributed by atoms with van der Waals surface area (Å²) in [6.45, 7) is 0. The molecule has 0 amide bonds. The maximum Gasteiger partial charge on any atom is 0.303 e. The maximum absolute atomic E-state index is 11.4. The van der Waals surface area contributed by atoms with Crippen LogP contribution in [0.2, 0.25) is 0 Å². The number of benzene rings is 1. The first-order chi connectivity index (χ1) is 8.61. The van der Waals surface area contributed by atoms with Crippen LogP contribution in [-0.4, -0.2) is 7.11 Å². The van der Waals surface area contributed by atoms with Crippen LogP contribution in [0.4, 0.5) is 0 Å². The topological polar surface area (TPSA) is 45.4 Å². The van der Waals surface area contributed by atoms with E-state index in [9.17, 15) is 5.21 Å². The molecular formula is C12H9Br2NO3. The van der Waals surface area contributed by atoms with Gasteiger partial charge in [-0.2, -0.15) is 4.73 Å². The van der Waals surface area contributed by atoms with Crippen LogP contribution in [0.1, 0.15) is 0 Å². The van der Waals surface area contributed by atoms with E-state index in [-0.39, 0.29) is 0 Å². The summed E-state index contributed by atoms with van der Waals surface area (Å²) in [6.07, 6.45) is 1.38. The summed E-state index contributed by atoms with van der Waals surface area (Å²) in [5.74, 6) is 1.79. The van der Waals surface area contributed by atoms with E-state index in [1.54, 1.807) is 37.4 Å². The second kappa shape index (κ2) is 5.58. The molecule has 0 unspecified atom stereocenters. The number of nitrogens with zero attached hydrogens (tertiary/aromatic N) is 1. The summed E-state index contributed by atoms with van der Waals surface area (Å²) in [7, 11) is 1.60. The number of ether oxygens (including phenoxy) is 2. The molecule has 6 heteroatoms. The highest BCUT2D eigenvalue weighted by Crippen LogP contribution is 2.34. The van der Waals surface area contributed by atoms with Crippen molar-refractivity contribution in [3.8, 4) is 17.2 Å². The minimum Gasteiger partial charge on any atom is -0.618 e. The van der Waals surface area contributed by atoms with Gasteiger partial charge in [0.1, 0.15) is 11.5 Å². The van der Waals surface area contributed by atoms with E-state index < -0.39 is 0 Å². The molecule has 0 aliphatic rings. The lowest BCUT2D eigenvalue weighted by Gasteiger charge is -2.09. The number of pyridine rings is 1. The summed E-state index contributed by atoms with van der Waals surface area (Å²) < 4.78 is 12.4. The molecule has 0 aliphatic carbocycles. The van der Waals surface area contributed by atoms with Gasteiger partial charge in [-0.3, -0.25) is 0 Å². The first-order valence-corrected chi connectivity index (χ1v) is 6.59. The average Bonchev–Trinajstić information content (AvgIpc) is 2.40. The fourth-order valence-corrected chi connectivity index (χ4v) is 2.39. The Balaban J connectivity index is 2.30. The summed E-state index contributed by atoms with van der Waals surface area (Å²) in [4.78, 5) is 0. The average molecular weight is 375 g/mol. The Morgan fingerprint density at radius 3 is 2.28 bits per heavy atom. The molecule has 0 aliphatic heterocycles. The van der Waals surface area contributed by atoms with E-state index >= 15 is 0 Å². The molecule has 94 valence electrons. The minimum atomic E-state index is 0.313. The van der Waals surface area contributed by atoms with Crippen LogP contribution in [0.5, 0.6) is 17.2 Å². The molecule has 1 aromatic carbocycles. The molecule has 0 N–H and O–H groups in total. The molecule has 2 aromatic rings. The molecule has 2 rings (SSSR count). The third-order valence-electron chi connectivity index (χ3n) is 2.23. The zero-order chi connectivity index (χ0) is 13.1. The van der Waals surface area contributed by atoms with Crippen molar-refractivity contribution in [2.75, 3.05) is 7.11 Å². The number of aromatic nitrogens is 1. The lowest BCUT2D eigenvalue weighted by Crippen LogP contribution is -2.27. The molecule has 0 radical (unpaired) electrons. The normalized spacial score (nSPS) is 10.2. The Morgan fingerprint density at radius 1 is 1.06 bits per heavy atom. The van der Waals surface area contributed by atoms with Crippen molar-refractivity contribution < 1.29 is 14.2 Å². The zero-order valence-corrected chi connectivity index (χ0v) is 12.6. The van der Waals surface area contributed by atoms with Gasteiger partial charge in [-0.15, -0.1) is 0 Å². The number of hydrogen-bond donors (Lipinski definition) is 0. The molecule has 0 fully saturated rings. The van der Waals surface area contributed by atoms with Gasteiger partial charge in [-0.25, -0.2) is 0 Å². The van der Waals surface area contributed by atoms with Crippen molar-refractivity contribution in [3.63, 3.8) is 0 Å². The van der Waals surface area contributed by atoms with Crippen molar-refractivity contribution in [2.24, 2.45) is 0 Å². The predicted octanol–water partition coefficient (Wildman–Crippen LogP) is 3.65. The number of rotatable bonds is 3. The Kier molecular flexibility index (Phi) is 4.08. The van der Waals surface area contributed by atoms with Crippen LogP contribution in [0.15, 0.2) is 45.6 Å². The molecule has 4 nitrogen and oxygen atoms in total. The second-order valence-electron chi connectivity index (χ2n) is 3.39. The van der Waals surface area contributed by atoms with E-state index in [4.69, 9.17) is 9.47 Å². The third kappa shape index (κ3) is 2.76. The number of methoxy groups -OCH3 is 1. The quantitative estimate of drug-likeness (QED) is 0.468. The number of halogens is 2. The van der Waals surface area contributed by atoms with Crippen LogP contribution in [-0.2, 0) is 0 Å². The fraction of sp³-hybridized carbons (Fsp3) is 0.0833. The first-order valence-electron chi connectivity index (χ1n) is 5.01. The molecule has 18 heavy (non-hydrogen) atoms. The van der Waals surface area contributed by atoms with Gasteiger partial charge in [-0.05, 0) is 40.2 Å². The predicted molar refractivity (Wildman–Crippen MR) is 73.9 cm³/mol. The van der Waals surface area contributed by atoms with E-state index in [1.165, 1.54) is 6.20 Å². The van der Waals surface area contributed by atoms with Gasteiger partial charge in [0, 0.05) is 22.0 Å². The van der Waals surface area contributed by atoms with Gasteiger partial charge >= 0.3 is 4.60 Å². The SMILES string of the molecule is COc1ccc(Oc2c(Br)cc[n+]([O-])c2Br)cc1. The largest absolute Gasteiger partial charge is 0.618 e. The highest BCUT2D eigenvalue weighted by atomic mass is 79.9. The van der Waals surface area contributed by atoms with E-state index in [0.717, 1.165) is 5.75 Å². The van der Waals surface area contributed by atoms with Crippen LogP contribution < -0.4 is 14.2 Å². The molecule has 1 heterocycles. The monoisotopic (exact) mass is 373 g/mol. The maximum atomic E-state index is 11.4. The highest BCUT2D eigenvalue weighted by molar-refractivity contribution is 9.11. The Hall–Kier alpha value is -1.27. The Labute approximate surface area is 121 Å². The van der Waals surface area contributed by atoms with Crippen LogP contribution in [0.25, 0.3) is 0 Å². The lowest BCUT2D eigenvalue weighted by molar-refractivity contribution is -0.617. The highest BCUT2D eigenvalue weighted by Gasteiger charge is 2.15. The van der Waals surface area contributed by atoms with Gasteiger partial charge < -0.3 is 14.7 Å². The zero-order valence-electron chi connectivity index (χ0n) is 9.39. The Morgan fingerprint density at radius 2 is 1.67 bits per heavy atom. The molecule has 0 atom stereocenters. The van der Waals surface area contributed by atoms with Gasteiger partial charge in [0.2, 0.25) is 5.75 Å². The van der Waals surface area contributed by atoms with Crippen LogP contribution in [0, 0.1) is 5.21 Å². The van der Waals surface area contributed by atoms with E-state index in [1.807, 2.05) is 0 Å². The molecule has 1 aromatic heterocycles. The standard InChI is InChI=1S/C12H9Br2NO3/c1-17-8-2-4-9(5-3-8)18-11-10(13)6-7-15(16)12(11)14/h2-7H,1H3. The molecular weight excluding hydrogens is 366 g/mol. The summed E-state index contributed by atoms with van der Waals surface area (Å²) in [5.41, 5.74) is 0. The smallest absolute Gasteiger partial charge is 0.303 e. The molecule has 0 bridgehead atoms. The summed E-state index contributed by atoms with van der Waals surface area (Å²) >= 11 is 6.52. The van der Waals surface area contributed by atoms with E-state index in [0.29, 0.717) is 25.3 Å². The fourth-order valence-electron chi connectivity index (χ4n) is 1.33. The van der Waals surface area contributed by atoms with Crippen molar-refractivity contribution >= 4 is 31.9 Å². The van der Waals surface area contributed by atoms with E-state index in [2.05, 4.69) is 31.9 Å². The van der Waals surface area contributed by atoms with Gasteiger partial charge in [0.15, 0.2) is 6.20 Å². The molecule has 0 spiro atoms. The van der Waals surface area contributed by atoms with Gasteiger partial charge in [0.05, 0.1) is 11.6 Å². The van der Waals surface area contributed by atoms with Crippen molar-refractivity contribution in [1.82, 2.24) is 0 Å². The van der Waals surface area contributed by atoms with Crippen molar-refractivity contribution in [2.45, 2.75) is 0 Å². The van der Waals surface area contributed by atoms with Crippen LogP contribution in [0.3, 0.4) is 0 Å². The van der Waals surface area contributed by atoms with Gasteiger partial charge in [-0.1, -0.05) is 0 Å². The Bertz CT molecular complexity index is 558. The summed E-state index contributed by atoms with van der Waals surface area (Å²) in [5, 5.41) is 11.4. The minimum absolute atomic E-state index is 0.313. The first kappa shape index (κ1) is 13.2. The molecule has 0 saturated carbocycles. The second-order valence-corrected chi connectivity index (χ2v) is 4.99. The third-order valence-corrected chi connectivity index (χ3v) is 3.57. The van der Waals surface area contributed by atoms with Crippen LogP contribution >= 0.6 is 31.9 Å². The van der Waals surface area contributed by atoms with Crippen molar-refractivity contribution in [1.29, 1.82) is 0 Å². The summed E-state index contributed by atoms with van der Waals surface area (Å²) in [6, 6.07) is 8.72. The van der Waals surface area contributed by atoms with Gasteiger partial charge in [0.25, 0.3) is 0 Å².